The number of hydrogen-bond donors (Lipinski definition) is 0. The summed E-state index contributed by atoms with van der Waals surface area (Å²) in [4.78, 5) is 27.2. The summed E-state index contributed by atoms with van der Waals surface area (Å²) in [5, 5.41) is 0. The van der Waals surface area contributed by atoms with Crippen LogP contribution in [0.3, 0.4) is 0 Å². The molecule has 1 aliphatic rings. The molecule has 2 heterocycles. The molecule has 5 nitrogen and oxygen atoms in total. The molecule has 0 aromatic carbocycles. The molecule has 0 unspecified atom stereocenters. The number of pyridine rings is 1. The fourth-order valence-electron chi connectivity index (χ4n) is 1.86. The molecule has 2 amide bonds. The molecule has 0 saturated carbocycles. The summed E-state index contributed by atoms with van der Waals surface area (Å²) in [6.45, 7) is 0.786. The highest BCUT2D eigenvalue weighted by Gasteiger charge is 2.22. The number of imide groups is 1. The van der Waals surface area contributed by atoms with Crippen molar-refractivity contribution >= 4 is 11.8 Å². The van der Waals surface area contributed by atoms with Crippen LogP contribution >= 0.6 is 0 Å². The van der Waals surface area contributed by atoms with Crippen molar-refractivity contribution in [2.75, 3.05) is 13.2 Å². The maximum absolute atomic E-state index is 13.1. The van der Waals surface area contributed by atoms with Crippen LogP contribution in [-0.4, -0.2) is 34.8 Å². The summed E-state index contributed by atoms with van der Waals surface area (Å²) in [5.41, 5.74) is 0. The number of unbranched alkanes of at least 4 members (excludes halogenated alkanes) is 2. The van der Waals surface area contributed by atoms with E-state index in [0.717, 1.165) is 12.8 Å². The predicted molar refractivity (Wildman–Crippen MR) is 69.4 cm³/mol. The summed E-state index contributed by atoms with van der Waals surface area (Å²) in [6.07, 6.45) is 6.13. The Kier molecular flexibility index (Phi) is 4.81. The van der Waals surface area contributed by atoms with Crippen molar-refractivity contribution in [3.8, 4) is 5.75 Å². The summed E-state index contributed by atoms with van der Waals surface area (Å²) in [5.74, 6) is -0.999. The van der Waals surface area contributed by atoms with Crippen LogP contribution in [0.25, 0.3) is 0 Å². The van der Waals surface area contributed by atoms with Gasteiger partial charge >= 0.3 is 0 Å². The molecule has 2 rings (SSSR count). The van der Waals surface area contributed by atoms with Crippen LogP contribution in [0, 0.1) is 5.95 Å². The molecule has 20 heavy (non-hydrogen) atoms. The molecule has 0 radical (unpaired) electrons. The van der Waals surface area contributed by atoms with Gasteiger partial charge in [0.1, 0.15) is 0 Å². The predicted octanol–water partition coefficient (Wildman–Crippen LogP) is 1.69. The van der Waals surface area contributed by atoms with E-state index >= 15 is 0 Å². The van der Waals surface area contributed by atoms with Crippen molar-refractivity contribution in [3.05, 3.63) is 36.4 Å². The van der Waals surface area contributed by atoms with Crippen LogP contribution in [0.2, 0.25) is 0 Å². The lowest BCUT2D eigenvalue weighted by atomic mass is 10.2. The van der Waals surface area contributed by atoms with Gasteiger partial charge in [0.05, 0.1) is 6.61 Å². The minimum absolute atomic E-state index is 0.140. The quantitative estimate of drug-likeness (QED) is 0.432. The van der Waals surface area contributed by atoms with Gasteiger partial charge in [0.15, 0.2) is 5.75 Å². The molecule has 0 spiro atoms. The number of carbonyl (C=O) groups excluding carboxylic acids is 2. The number of ether oxygens (including phenoxy) is 1. The number of hydrogen-bond acceptors (Lipinski definition) is 4. The van der Waals surface area contributed by atoms with Crippen molar-refractivity contribution in [1.82, 2.24) is 9.88 Å². The monoisotopic (exact) mass is 277 g/mol. The lowest BCUT2D eigenvalue weighted by molar-refractivity contribution is -0.136. The minimum atomic E-state index is -0.619. The first-order valence-electron chi connectivity index (χ1n) is 6.45. The highest BCUT2D eigenvalue weighted by molar-refractivity contribution is 6.12. The lowest BCUT2D eigenvalue weighted by Gasteiger charge is -2.13. The zero-order valence-corrected chi connectivity index (χ0v) is 10.9. The molecular formula is C14H15FN2O3. The maximum atomic E-state index is 13.1. The van der Waals surface area contributed by atoms with Gasteiger partial charge in [0.25, 0.3) is 17.8 Å². The van der Waals surface area contributed by atoms with E-state index in [1.54, 1.807) is 6.07 Å². The number of amides is 2. The molecule has 1 aromatic rings. The van der Waals surface area contributed by atoms with Crippen molar-refractivity contribution in [3.63, 3.8) is 0 Å². The van der Waals surface area contributed by atoms with Crippen molar-refractivity contribution in [2.24, 2.45) is 0 Å². The third-order valence-electron chi connectivity index (χ3n) is 2.91. The zero-order valence-electron chi connectivity index (χ0n) is 10.9. The fraction of sp³-hybridized carbons (Fsp3) is 0.357. The number of nitrogens with zero attached hydrogens (tertiary/aromatic N) is 2. The van der Waals surface area contributed by atoms with Crippen molar-refractivity contribution in [1.29, 1.82) is 0 Å². The second-order valence-corrected chi connectivity index (χ2v) is 4.36. The molecule has 0 N–H and O–H groups in total. The van der Waals surface area contributed by atoms with Crippen LogP contribution in [0.4, 0.5) is 4.39 Å². The molecule has 0 saturated heterocycles. The van der Waals surface area contributed by atoms with Gasteiger partial charge in [-0.2, -0.15) is 4.39 Å². The SMILES string of the molecule is O=C1C=CC(=O)N1CCCCCOc1cccnc1[18F]. The van der Waals surface area contributed by atoms with Gasteiger partial charge in [0, 0.05) is 24.9 Å². The Bertz CT molecular complexity index is 513. The highest BCUT2D eigenvalue weighted by atomic mass is 18.2. The Labute approximate surface area is 116 Å². The van der Waals surface area contributed by atoms with Crippen LogP contribution in [-0.2, 0) is 9.59 Å². The van der Waals surface area contributed by atoms with Gasteiger partial charge in [-0.1, -0.05) is 0 Å². The van der Waals surface area contributed by atoms with Gasteiger partial charge in [-0.3, -0.25) is 14.5 Å². The average molecular weight is 277 g/mol. The van der Waals surface area contributed by atoms with Crippen molar-refractivity contribution < 1.29 is 18.7 Å². The lowest BCUT2D eigenvalue weighted by Crippen LogP contribution is -2.30. The Morgan fingerprint density at radius 2 is 1.90 bits per heavy atom. The average Bonchev–Trinajstić information content (AvgIpc) is 2.76. The van der Waals surface area contributed by atoms with E-state index < -0.39 is 5.95 Å². The first-order valence-corrected chi connectivity index (χ1v) is 6.45. The summed E-state index contributed by atoms with van der Waals surface area (Å²) in [7, 11) is 0. The molecule has 1 aromatic heterocycles. The van der Waals surface area contributed by atoms with E-state index in [9.17, 15) is 14.0 Å². The van der Waals surface area contributed by atoms with E-state index in [2.05, 4.69) is 4.98 Å². The summed E-state index contributed by atoms with van der Waals surface area (Å²) >= 11 is 0. The third kappa shape index (κ3) is 3.63. The molecule has 106 valence electrons. The first-order chi connectivity index (χ1) is 9.68. The number of aromatic nitrogens is 1. The van der Waals surface area contributed by atoms with Gasteiger partial charge in [-0.05, 0) is 31.4 Å². The van der Waals surface area contributed by atoms with Gasteiger partial charge in [0.2, 0.25) is 0 Å². The standard InChI is InChI=1S/C14H15FN2O3/c15-14-11(5-4-8-16-14)20-10-3-1-2-9-17-12(18)6-7-13(17)19/h4-8H,1-3,9-10H2/i15-1. The number of carbonyl (C=O) groups is 2. The third-order valence-corrected chi connectivity index (χ3v) is 2.91. The van der Waals surface area contributed by atoms with E-state index in [-0.39, 0.29) is 17.6 Å². The number of halogens is 1. The van der Waals surface area contributed by atoms with E-state index in [1.165, 1.54) is 29.3 Å². The Morgan fingerprint density at radius 1 is 1.15 bits per heavy atom. The fourth-order valence-corrected chi connectivity index (χ4v) is 1.86. The molecule has 0 atom stereocenters. The van der Waals surface area contributed by atoms with Crippen LogP contribution in [0.1, 0.15) is 19.3 Å². The Balaban J connectivity index is 1.60. The summed E-state index contributed by atoms with van der Waals surface area (Å²) < 4.78 is 18.4. The molecule has 0 fully saturated rings. The van der Waals surface area contributed by atoms with Gasteiger partial charge in [-0.15, -0.1) is 0 Å². The minimum Gasteiger partial charge on any atom is -0.489 e. The Morgan fingerprint density at radius 3 is 2.60 bits per heavy atom. The molecule has 0 aliphatic carbocycles. The molecule has 0 bridgehead atoms. The topological polar surface area (TPSA) is 59.5 Å². The molecule has 1 aliphatic heterocycles. The second kappa shape index (κ2) is 6.79. The highest BCUT2D eigenvalue weighted by Crippen LogP contribution is 2.13. The number of rotatable bonds is 7. The van der Waals surface area contributed by atoms with Crippen LogP contribution in [0.15, 0.2) is 30.5 Å². The Hall–Kier alpha value is -2.24. The van der Waals surface area contributed by atoms with Gasteiger partial charge < -0.3 is 4.74 Å². The summed E-state index contributed by atoms with van der Waals surface area (Å²) in [6, 6.07) is 3.13. The zero-order chi connectivity index (χ0) is 14.4. The van der Waals surface area contributed by atoms with Crippen LogP contribution in [0.5, 0.6) is 5.75 Å². The van der Waals surface area contributed by atoms with E-state index in [1.807, 2.05) is 0 Å². The normalized spacial score (nSPS) is 14.2. The van der Waals surface area contributed by atoms with Gasteiger partial charge in [-0.25, -0.2) is 4.98 Å². The molecular weight excluding hydrogens is 262 g/mol. The van der Waals surface area contributed by atoms with E-state index in [0.29, 0.717) is 19.6 Å². The smallest absolute Gasteiger partial charge is 0.255 e. The first kappa shape index (κ1) is 14.2. The van der Waals surface area contributed by atoms with Crippen molar-refractivity contribution in [2.45, 2.75) is 19.3 Å². The largest absolute Gasteiger partial charge is 0.489 e. The molecule has 6 heteroatoms. The van der Waals surface area contributed by atoms with E-state index in [4.69, 9.17) is 4.74 Å². The maximum Gasteiger partial charge on any atom is 0.255 e. The second-order valence-electron chi connectivity index (χ2n) is 4.36. The van der Waals surface area contributed by atoms with Crippen LogP contribution < -0.4 is 4.74 Å².